The van der Waals surface area contributed by atoms with Crippen LogP contribution in [0.1, 0.15) is 6.42 Å². The van der Waals surface area contributed by atoms with Crippen molar-refractivity contribution in [1.82, 2.24) is 0 Å². The van der Waals surface area contributed by atoms with Crippen molar-refractivity contribution in [2.24, 2.45) is 0 Å². The molecule has 0 amide bonds. The van der Waals surface area contributed by atoms with Crippen molar-refractivity contribution in [2.45, 2.75) is 11.3 Å². The molecule has 0 aliphatic heterocycles. The first kappa shape index (κ1) is 17.7. The molecule has 2 aromatic carbocycles. The highest BCUT2D eigenvalue weighted by Crippen LogP contribution is 2.21. The lowest BCUT2D eigenvalue weighted by Crippen LogP contribution is -2.14. The van der Waals surface area contributed by atoms with Gasteiger partial charge in [-0.3, -0.25) is 9.52 Å². The molecule has 6 nitrogen and oxygen atoms in total. The van der Waals surface area contributed by atoms with Gasteiger partial charge in [-0.05, 0) is 36.4 Å². The lowest BCUT2D eigenvalue weighted by Gasteiger charge is -2.10. The third kappa shape index (κ3) is 4.69. The van der Waals surface area contributed by atoms with Crippen molar-refractivity contribution < 1.29 is 27.1 Å². The number of rotatable bonds is 7. The van der Waals surface area contributed by atoms with Crippen LogP contribution in [0.2, 0.25) is 0 Å². The monoisotopic (exact) mass is 353 g/mol. The minimum atomic E-state index is -3.91. The molecule has 2 aromatic rings. The predicted octanol–water partition coefficient (Wildman–Crippen LogP) is 2.57. The van der Waals surface area contributed by atoms with Gasteiger partial charge >= 0.3 is 5.97 Å². The van der Waals surface area contributed by atoms with E-state index in [-0.39, 0.29) is 23.6 Å². The molecule has 24 heavy (non-hydrogen) atoms. The number of hydrogen-bond donors (Lipinski definition) is 1. The molecule has 0 heterocycles. The van der Waals surface area contributed by atoms with Crippen LogP contribution in [0.5, 0.6) is 5.75 Å². The summed E-state index contributed by atoms with van der Waals surface area (Å²) in [5.74, 6) is -0.657. The fourth-order valence-corrected chi connectivity index (χ4v) is 2.88. The zero-order chi connectivity index (χ0) is 17.6. The standard InChI is InChI=1S/C16H16FNO5S/c1-22-16(19)10-11-23-12-6-8-13(9-7-12)24(20,21)18-15-5-3-2-4-14(15)17/h2-9,18H,10-11H2,1H3. The lowest BCUT2D eigenvalue weighted by atomic mass is 10.3. The molecular weight excluding hydrogens is 337 g/mol. The topological polar surface area (TPSA) is 81.7 Å². The average molecular weight is 353 g/mol. The normalized spacial score (nSPS) is 10.9. The Morgan fingerprint density at radius 2 is 1.79 bits per heavy atom. The summed E-state index contributed by atoms with van der Waals surface area (Å²) in [6, 6.07) is 11.0. The third-order valence-electron chi connectivity index (χ3n) is 3.05. The number of carbonyl (C=O) groups excluding carboxylic acids is 1. The van der Waals surface area contributed by atoms with Crippen molar-refractivity contribution in [3.8, 4) is 5.75 Å². The highest BCUT2D eigenvalue weighted by atomic mass is 32.2. The third-order valence-corrected chi connectivity index (χ3v) is 4.44. The zero-order valence-electron chi connectivity index (χ0n) is 12.9. The van der Waals surface area contributed by atoms with Crippen molar-refractivity contribution in [3.05, 3.63) is 54.3 Å². The first-order valence-electron chi connectivity index (χ1n) is 6.99. The van der Waals surface area contributed by atoms with Gasteiger partial charge in [-0.15, -0.1) is 0 Å². The van der Waals surface area contributed by atoms with Crippen LogP contribution >= 0.6 is 0 Å². The molecule has 0 aromatic heterocycles. The van der Waals surface area contributed by atoms with Crippen LogP contribution < -0.4 is 9.46 Å². The maximum absolute atomic E-state index is 13.5. The molecule has 8 heteroatoms. The van der Waals surface area contributed by atoms with E-state index in [9.17, 15) is 17.6 Å². The van der Waals surface area contributed by atoms with Gasteiger partial charge < -0.3 is 9.47 Å². The summed E-state index contributed by atoms with van der Waals surface area (Å²) in [4.78, 5) is 10.9. The largest absolute Gasteiger partial charge is 0.493 e. The summed E-state index contributed by atoms with van der Waals surface area (Å²) in [6.45, 7) is 0.117. The van der Waals surface area contributed by atoms with E-state index in [1.807, 2.05) is 0 Å². The van der Waals surface area contributed by atoms with Crippen LogP contribution in [0, 0.1) is 5.82 Å². The quantitative estimate of drug-likeness (QED) is 0.774. The SMILES string of the molecule is COC(=O)CCOc1ccc(S(=O)(=O)Nc2ccccc2F)cc1. The van der Waals surface area contributed by atoms with Crippen molar-refractivity contribution in [1.29, 1.82) is 0 Å². The van der Waals surface area contributed by atoms with E-state index in [1.165, 1.54) is 49.6 Å². The molecule has 128 valence electrons. The molecule has 0 saturated heterocycles. The number of hydrogen-bond acceptors (Lipinski definition) is 5. The number of methoxy groups -OCH3 is 1. The van der Waals surface area contributed by atoms with Gasteiger partial charge in [-0.1, -0.05) is 12.1 Å². The number of halogens is 1. The van der Waals surface area contributed by atoms with E-state index in [0.29, 0.717) is 5.75 Å². The molecule has 1 N–H and O–H groups in total. The predicted molar refractivity (Wildman–Crippen MR) is 85.8 cm³/mol. The number of para-hydroxylation sites is 1. The van der Waals surface area contributed by atoms with Crippen LogP contribution in [0.15, 0.2) is 53.4 Å². The summed E-state index contributed by atoms with van der Waals surface area (Å²) in [5.41, 5.74) is -0.129. The smallest absolute Gasteiger partial charge is 0.308 e. The van der Waals surface area contributed by atoms with Gasteiger partial charge in [-0.2, -0.15) is 0 Å². The second-order valence-corrected chi connectivity index (χ2v) is 6.41. The van der Waals surface area contributed by atoms with Crippen LogP contribution in [0.4, 0.5) is 10.1 Å². The molecule has 0 unspecified atom stereocenters. The summed E-state index contributed by atoms with van der Waals surface area (Å²) in [5, 5.41) is 0. The summed E-state index contributed by atoms with van der Waals surface area (Å²) in [7, 11) is -2.63. The number of ether oxygens (including phenoxy) is 2. The van der Waals surface area contributed by atoms with E-state index in [0.717, 1.165) is 6.07 Å². The van der Waals surface area contributed by atoms with Gasteiger partial charge in [0.1, 0.15) is 11.6 Å². The van der Waals surface area contributed by atoms with Crippen LogP contribution in [-0.4, -0.2) is 28.1 Å². The van der Waals surface area contributed by atoms with E-state index >= 15 is 0 Å². The molecule has 0 saturated carbocycles. The fraction of sp³-hybridized carbons (Fsp3) is 0.188. The van der Waals surface area contributed by atoms with Gasteiger partial charge in [0, 0.05) is 0 Å². The highest BCUT2D eigenvalue weighted by Gasteiger charge is 2.16. The van der Waals surface area contributed by atoms with Crippen LogP contribution in [-0.2, 0) is 19.6 Å². The maximum Gasteiger partial charge on any atom is 0.308 e. The van der Waals surface area contributed by atoms with Crippen LogP contribution in [0.25, 0.3) is 0 Å². The Bertz CT molecular complexity index is 805. The number of carbonyl (C=O) groups is 1. The molecule has 0 aliphatic rings. The maximum atomic E-state index is 13.5. The Balaban J connectivity index is 2.04. The first-order valence-corrected chi connectivity index (χ1v) is 8.48. The lowest BCUT2D eigenvalue weighted by molar-refractivity contribution is -0.141. The van der Waals surface area contributed by atoms with Crippen molar-refractivity contribution in [3.63, 3.8) is 0 Å². The van der Waals surface area contributed by atoms with Gasteiger partial charge in [-0.25, -0.2) is 12.8 Å². The van der Waals surface area contributed by atoms with E-state index in [4.69, 9.17) is 4.74 Å². The molecule has 0 spiro atoms. The highest BCUT2D eigenvalue weighted by molar-refractivity contribution is 7.92. The van der Waals surface area contributed by atoms with E-state index in [1.54, 1.807) is 0 Å². The van der Waals surface area contributed by atoms with Crippen LogP contribution in [0.3, 0.4) is 0 Å². The van der Waals surface area contributed by atoms with Gasteiger partial charge in [0.2, 0.25) is 0 Å². The minimum absolute atomic E-state index is 0.0360. The van der Waals surface area contributed by atoms with E-state index in [2.05, 4.69) is 9.46 Å². The summed E-state index contributed by atoms with van der Waals surface area (Å²) >= 11 is 0. The number of benzene rings is 2. The van der Waals surface area contributed by atoms with Gasteiger partial charge in [0.25, 0.3) is 10.0 Å². The Morgan fingerprint density at radius 1 is 1.12 bits per heavy atom. The molecule has 0 fully saturated rings. The first-order chi connectivity index (χ1) is 11.4. The molecule has 0 radical (unpaired) electrons. The number of esters is 1. The summed E-state index contributed by atoms with van der Waals surface area (Å²) < 4.78 is 50.0. The molecule has 0 atom stereocenters. The number of anilines is 1. The molecule has 0 bridgehead atoms. The Kier molecular flexibility index (Phi) is 5.75. The second-order valence-electron chi connectivity index (χ2n) is 4.73. The number of nitrogens with one attached hydrogen (secondary N) is 1. The molecular formula is C16H16FNO5S. The van der Waals surface area contributed by atoms with Gasteiger partial charge in [0.15, 0.2) is 0 Å². The van der Waals surface area contributed by atoms with E-state index < -0.39 is 21.8 Å². The Morgan fingerprint density at radius 3 is 2.42 bits per heavy atom. The fourth-order valence-electron chi connectivity index (χ4n) is 1.82. The van der Waals surface area contributed by atoms with Crippen molar-refractivity contribution in [2.75, 3.05) is 18.4 Å². The Hall–Kier alpha value is -2.61. The van der Waals surface area contributed by atoms with Crippen molar-refractivity contribution >= 4 is 21.7 Å². The van der Waals surface area contributed by atoms with Gasteiger partial charge in [0.05, 0.1) is 30.7 Å². The average Bonchev–Trinajstić information content (AvgIpc) is 2.57. The number of sulfonamides is 1. The zero-order valence-corrected chi connectivity index (χ0v) is 13.7. The second kappa shape index (κ2) is 7.78. The minimum Gasteiger partial charge on any atom is -0.493 e. The Labute approximate surface area is 139 Å². The summed E-state index contributed by atoms with van der Waals surface area (Å²) in [6.07, 6.45) is 0.0887. The molecule has 0 aliphatic carbocycles. The molecule has 2 rings (SSSR count).